The van der Waals surface area contributed by atoms with Crippen LogP contribution in [-0.4, -0.2) is 23.9 Å². The molecule has 0 saturated heterocycles. The van der Waals surface area contributed by atoms with Gasteiger partial charge in [0.05, 0.1) is 0 Å². The summed E-state index contributed by atoms with van der Waals surface area (Å²) in [5.74, 6) is 3.75. The SMILES string of the molecule is CN(C(=O)CCc1ccccc1N)C1C2CC3CC(C2)CC1C3. The zero-order valence-electron chi connectivity index (χ0n) is 14.1. The zero-order valence-corrected chi connectivity index (χ0v) is 14.1. The third-order valence-electron chi connectivity index (χ3n) is 6.68. The first-order valence-electron chi connectivity index (χ1n) is 9.21. The number of anilines is 1. The van der Waals surface area contributed by atoms with Gasteiger partial charge in [-0.2, -0.15) is 0 Å². The minimum Gasteiger partial charge on any atom is -0.399 e. The highest BCUT2D eigenvalue weighted by Crippen LogP contribution is 2.55. The van der Waals surface area contributed by atoms with Crippen molar-refractivity contribution in [1.29, 1.82) is 0 Å². The van der Waals surface area contributed by atoms with E-state index >= 15 is 0 Å². The second-order valence-corrected chi connectivity index (χ2v) is 8.12. The van der Waals surface area contributed by atoms with Crippen LogP contribution in [-0.2, 0) is 11.2 Å². The normalized spacial score (nSPS) is 34.6. The molecule has 5 rings (SSSR count). The standard InChI is InChI=1S/C20H28N2O/c1-22(19(23)7-6-15-4-2-3-5-18(15)21)20-16-9-13-8-14(11-16)12-17(20)10-13/h2-5,13-14,16-17,20H,6-12,21H2,1H3. The summed E-state index contributed by atoms with van der Waals surface area (Å²) in [4.78, 5) is 14.8. The highest BCUT2D eigenvalue weighted by atomic mass is 16.2. The van der Waals surface area contributed by atoms with Gasteiger partial charge in [-0.15, -0.1) is 0 Å². The van der Waals surface area contributed by atoms with Gasteiger partial charge in [-0.3, -0.25) is 4.79 Å². The summed E-state index contributed by atoms with van der Waals surface area (Å²) in [6, 6.07) is 8.40. The summed E-state index contributed by atoms with van der Waals surface area (Å²) in [5.41, 5.74) is 7.90. The summed E-state index contributed by atoms with van der Waals surface area (Å²) in [7, 11) is 2.05. The number of para-hydroxylation sites is 1. The molecule has 0 aliphatic heterocycles. The lowest BCUT2D eigenvalue weighted by Crippen LogP contribution is -2.56. The number of aryl methyl sites for hydroxylation is 1. The molecule has 1 aromatic rings. The van der Waals surface area contributed by atoms with E-state index in [1.54, 1.807) is 0 Å². The lowest BCUT2D eigenvalue weighted by Gasteiger charge is -2.56. The molecule has 3 nitrogen and oxygen atoms in total. The Labute approximate surface area is 139 Å². The minimum atomic E-state index is 0.297. The van der Waals surface area contributed by atoms with Crippen LogP contribution in [0.15, 0.2) is 24.3 Å². The smallest absolute Gasteiger partial charge is 0.222 e. The van der Waals surface area contributed by atoms with Gasteiger partial charge in [0.1, 0.15) is 0 Å². The van der Waals surface area contributed by atoms with Crippen molar-refractivity contribution < 1.29 is 4.79 Å². The van der Waals surface area contributed by atoms with Gasteiger partial charge in [0.25, 0.3) is 0 Å². The maximum Gasteiger partial charge on any atom is 0.222 e. The molecule has 4 saturated carbocycles. The first-order valence-corrected chi connectivity index (χ1v) is 9.21. The zero-order chi connectivity index (χ0) is 16.0. The number of amides is 1. The van der Waals surface area contributed by atoms with Gasteiger partial charge < -0.3 is 10.6 Å². The summed E-state index contributed by atoms with van der Waals surface area (Å²) in [5, 5.41) is 0. The molecule has 4 fully saturated rings. The van der Waals surface area contributed by atoms with E-state index < -0.39 is 0 Å². The molecule has 124 valence electrons. The molecule has 1 aromatic carbocycles. The molecule has 0 radical (unpaired) electrons. The molecule has 0 atom stereocenters. The Hall–Kier alpha value is -1.51. The predicted molar refractivity (Wildman–Crippen MR) is 92.8 cm³/mol. The number of hydrogen-bond donors (Lipinski definition) is 1. The number of carbonyl (C=O) groups is 1. The van der Waals surface area contributed by atoms with E-state index in [1.807, 2.05) is 31.3 Å². The largest absolute Gasteiger partial charge is 0.399 e. The Morgan fingerprint density at radius 2 is 1.70 bits per heavy atom. The van der Waals surface area contributed by atoms with Gasteiger partial charge in [0, 0.05) is 25.2 Å². The van der Waals surface area contributed by atoms with Crippen LogP contribution in [0.2, 0.25) is 0 Å². The number of benzene rings is 1. The Kier molecular flexibility index (Phi) is 3.82. The molecular weight excluding hydrogens is 284 g/mol. The van der Waals surface area contributed by atoms with Crippen molar-refractivity contribution in [3.05, 3.63) is 29.8 Å². The fourth-order valence-electron chi connectivity index (χ4n) is 5.87. The summed E-state index contributed by atoms with van der Waals surface area (Å²) in [6.07, 6.45) is 8.24. The highest BCUT2D eigenvalue weighted by molar-refractivity contribution is 5.77. The molecule has 4 aliphatic rings. The molecule has 4 bridgehead atoms. The lowest BCUT2D eigenvalue weighted by atomic mass is 9.54. The van der Waals surface area contributed by atoms with Gasteiger partial charge in [-0.05, 0) is 73.8 Å². The van der Waals surface area contributed by atoms with E-state index in [0.717, 1.165) is 41.3 Å². The average Bonchev–Trinajstić information content (AvgIpc) is 2.52. The summed E-state index contributed by atoms with van der Waals surface area (Å²) < 4.78 is 0. The van der Waals surface area contributed by atoms with Gasteiger partial charge in [0.15, 0.2) is 0 Å². The molecule has 0 heterocycles. The number of carbonyl (C=O) groups excluding carboxylic acids is 1. The van der Waals surface area contributed by atoms with Gasteiger partial charge in [-0.25, -0.2) is 0 Å². The van der Waals surface area contributed by atoms with E-state index in [2.05, 4.69) is 4.90 Å². The molecule has 3 heteroatoms. The van der Waals surface area contributed by atoms with Crippen molar-refractivity contribution in [2.75, 3.05) is 12.8 Å². The Morgan fingerprint density at radius 3 is 2.30 bits per heavy atom. The van der Waals surface area contributed by atoms with Crippen LogP contribution >= 0.6 is 0 Å². The third-order valence-corrected chi connectivity index (χ3v) is 6.68. The molecule has 23 heavy (non-hydrogen) atoms. The van der Waals surface area contributed by atoms with Crippen LogP contribution in [0.25, 0.3) is 0 Å². The van der Waals surface area contributed by atoms with Crippen LogP contribution < -0.4 is 5.73 Å². The predicted octanol–water partition coefficient (Wildman–Crippen LogP) is 3.48. The molecule has 1 amide bonds. The summed E-state index contributed by atoms with van der Waals surface area (Å²) >= 11 is 0. The number of nitrogens with zero attached hydrogens (tertiary/aromatic N) is 1. The van der Waals surface area contributed by atoms with Crippen LogP contribution in [0.1, 0.15) is 44.1 Å². The second kappa shape index (κ2) is 5.85. The third kappa shape index (κ3) is 2.75. The van der Waals surface area contributed by atoms with Crippen LogP contribution in [0.4, 0.5) is 5.69 Å². The average molecular weight is 312 g/mol. The van der Waals surface area contributed by atoms with Crippen LogP contribution in [0.5, 0.6) is 0 Å². The Morgan fingerprint density at radius 1 is 1.09 bits per heavy atom. The van der Waals surface area contributed by atoms with E-state index in [0.29, 0.717) is 18.4 Å². The van der Waals surface area contributed by atoms with Crippen LogP contribution in [0, 0.1) is 23.7 Å². The molecule has 0 aromatic heterocycles. The van der Waals surface area contributed by atoms with Crippen molar-refractivity contribution >= 4 is 11.6 Å². The van der Waals surface area contributed by atoms with Crippen molar-refractivity contribution in [3.8, 4) is 0 Å². The lowest BCUT2D eigenvalue weighted by molar-refractivity contribution is -0.141. The summed E-state index contributed by atoms with van der Waals surface area (Å²) in [6.45, 7) is 0. The fourth-order valence-corrected chi connectivity index (χ4v) is 5.87. The minimum absolute atomic E-state index is 0.297. The van der Waals surface area contributed by atoms with Gasteiger partial charge in [0.2, 0.25) is 5.91 Å². The first-order chi connectivity index (χ1) is 11.1. The topological polar surface area (TPSA) is 46.3 Å². The molecule has 4 aliphatic carbocycles. The van der Waals surface area contributed by atoms with Crippen molar-refractivity contribution in [2.45, 2.75) is 51.0 Å². The molecular formula is C20H28N2O. The number of rotatable bonds is 4. The molecule has 0 spiro atoms. The maximum atomic E-state index is 12.7. The maximum absolute atomic E-state index is 12.7. The van der Waals surface area contributed by atoms with E-state index in [4.69, 9.17) is 5.73 Å². The van der Waals surface area contributed by atoms with Gasteiger partial charge in [-0.1, -0.05) is 18.2 Å². The quantitative estimate of drug-likeness (QED) is 0.865. The Bertz CT molecular complexity index is 569. The monoisotopic (exact) mass is 312 g/mol. The second-order valence-electron chi connectivity index (χ2n) is 8.12. The molecule has 2 N–H and O–H groups in total. The van der Waals surface area contributed by atoms with Crippen molar-refractivity contribution in [1.82, 2.24) is 4.90 Å². The van der Waals surface area contributed by atoms with Crippen molar-refractivity contribution in [2.24, 2.45) is 23.7 Å². The number of hydrogen-bond acceptors (Lipinski definition) is 2. The molecule has 0 unspecified atom stereocenters. The van der Waals surface area contributed by atoms with E-state index in [-0.39, 0.29) is 0 Å². The van der Waals surface area contributed by atoms with Gasteiger partial charge >= 0.3 is 0 Å². The van der Waals surface area contributed by atoms with E-state index in [9.17, 15) is 4.79 Å². The Balaban J connectivity index is 1.40. The van der Waals surface area contributed by atoms with E-state index in [1.165, 1.54) is 32.1 Å². The van der Waals surface area contributed by atoms with Crippen molar-refractivity contribution in [3.63, 3.8) is 0 Å². The first kappa shape index (κ1) is 15.0. The van der Waals surface area contributed by atoms with Crippen LogP contribution in [0.3, 0.4) is 0 Å². The highest BCUT2D eigenvalue weighted by Gasteiger charge is 2.50. The number of nitrogens with two attached hydrogens (primary N) is 1. The number of nitrogen functional groups attached to an aromatic ring is 1. The fraction of sp³-hybridized carbons (Fsp3) is 0.650.